The Morgan fingerprint density at radius 3 is 2.57 bits per heavy atom. The molecule has 0 saturated carbocycles. The number of likely N-dealkylation sites (tertiary alicyclic amines) is 1. The van der Waals surface area contributed by atoms with Gasteiger partial charge in [-0.05, 0) is 43.6 Å². The molecule has 0 atom stereocenters. The number of nitrogen functional groups attached to an aromatic ring is 1. The first-order valence-electron chi connectivity index (χ1n) is 7.82. The van der Waals surface area contributed by atoms with E-state index in [1.807, 2.05) is 24.3 Å². The third-order valence-electron chi connectivity index (χ3n) is 3.87. The third kappa shape index (κ3) is 4.29. The minimum Gasteiger partial charge on any atom is -0.497 e. The molecule has 7 nitrogen and oxygen atoms in total. The van der Waals surface area contributed by atoms with Gasteiger partial charge in [0.05, 0.1) is 13.7 Å². The van der Waals surface area contributed by atoms with Crippen molar-refractivity contribution in [2.24, 2.45) is 0 Å². The van der Waals surface area contributed by atoms with Crippen LogP contribution < -0.4 is 15.8 Å². The Kier molecular flexibility index (Phi) is 4.87. The third-order valence-corrected chi connectivity index (χ3v) is 3.87. The van der Waals surface area contributed by atoms with Crippen LogP contribution in [0.5, 0.6) is 5.75 Å². The molecule has 0 amide bonds. The molecule has 1 fully saturated rings. The summed E-state index contributed by atoms with van der Waals surface area (Å²) in [6.45, 7) is 3.54. The number of hydrogen-bond acceptors (Lipinski definition) is 7. The zero-order valence-electron chi connectivity index (χ0n) is 13.3. The second-order valence-electron chi connectivity index (χ2n) is 5.62. The maximum absolute atomic E-state index is 5.80. The Morgan fingerprint density at radius 2 is 1.87 bits per heavy atom. The van der Waals surface area contributed by atoms with Crippen molar-refractivity contribution in [1.29, 1.82) is 0 Å². The van der Waals surface area contributed by atoms with Gasteiger partial charge in [-0.25, -0.2) is 0 Å². The van der Waals surface area contributed by atoms with Crippen molar-refractivity contribution in [2.75, 3.05) is 31.2 Å². The van der Waals surface area contributed by atoms with Crippen LogP contribution in [-0.4, -0.2) is 40.1 Å². The van der Waals surface area contributed by atoms with Gasteiger partial charge < -0.3 is 15.8 Å². The first-order valence-corrected chi connectivity index (χ1v) is 7.82. The predicted molar refractivity (Wildman–Crippen MR) is 89.1 cm³/mol. The van der Waals surface area contributed by atoms with Gasteiger partial charge in [0.1, 0.15) is 11.6 Å². The van der Waals surface area contributed by atoms with Crippen LogP contribution >= 0.6 is 0 Å². The van der Waals surface area contributed by atoms with Crippen molar-refractivity contribution in [3.8, 4) is 5.75 Å². The molecule has 3 rings (SSSR count). The van der Waals surface area contributed by atoms with Gasteiger partial charge in [0.2, 0.25) is 11.9 Å². The molecule has 0 aliphatic carbocycles. The number of methoxy groups -OCH3 is 1. The molecule has 1 aliphatic heterocycles. The Hall–Kier alpha value is -2.41. The van der Waals surface area contributed by atoms with E-state index in [1.165, 1.54) is 12.8 Å². The quantitative estimate of drug-likeness (QED) is 0.838. The van der Waals surface area contributed by atoms with E-state index >= 15 is 0 Å². The molecule has 2 aromatic rings. The monoisotopic (exact) mass is 314 g/mol. The molecular formula is C16H22N6O. The number of hydrogen-bond donors (Lipinski definition) is 2. The minimum absolute atomic E-state index is 0.256. The normalized spacial score (nSPS) is 14.8. The van der Waals surface area contributed by atoms with Gasteiger partial charge in [0, 0.05) is 6.54 Å². The summed E-state index contributed by atoms with van der Waals surface area (Å²) < 4.78 is 5.15. The van der Waals surface area contributed by atoms with Crippen molar-refractivity contribution >= 4 is 11.9 Å². The SMILES string of the molecule is COc1ccc(CNc2nc(N)nc(CN3CCCC3)n2)cc1. The van der Waals surface area contributed by atoms with Crippen molar-refractivity contribution in [3.05, 3.63) is 35.7 Å². The lowest BCUT2D eigenvalue weighted by atomic mass is 10.2. The first kappa shape index (κ1) is 15.5. The zero-order chi connectivity index (χ0) is 16.1. The molecule has 23 heavy (non-hydrogen) atoms. The summed E-state index contributed by atoms with van der Waals surface area (Å²) in [5.74, 6) is 2.33. The van der Waals surface area contributed by atoms with Crippen LogP contribution in [-0.2, 0) is 13.1 Å². The predicted octanol–water partition coefficient (Wildman–Crippen LogP) is 1.67. The van der Waals surface area contributed by atoms with Crippen LogP contribution in [0.4, 0.5) is 11.9 Å². The van der Waals surface area contributed by atoms with Crippen LogP contribution in [0.25, 0.3) is 0 Å². The molecule has 0 radical (unpaired) electrons. The fourth-order valence-corrected chi connectivity index (χ4v) is 2.65. The second kappa shape index (κ2) is 7.23. The van der Waals surface area contributed by atoms with Gasteiger partial charge in [-0.3, -0.25) is 4.90 Å². The number of benzene rings is 1. The summed E-state index contributed by atoms with van der Waals surface area (Å²) in [6, 6.07) is 7.86. The second-order valence-corrected chi connectivity index (χ2v) is 5.62. The molecular weight excluding hydrogens is 292 g/mol. The van der Waals surface area contributed by atoms with Gasteiger partial charge in [-0.2, -0.15) is 15.0 Å². The fraction of sp³-hybridized carbons (Fsp3) is 0.438. The van der Waals surface area contributed by atoms with E-state index in [-0.39, 0.29) is 5.95 Å². The summed E-state index contributed by atoms with van der Waals surface area (Å²) in [7, 11) is 1.66. The van der Waals surface area contributed by atoms with Crippen LogP contribution in [0.1, 0.15) is 24.2 Å². The van der Waals surface area contributed by atoms with E-state index in [0.717, 1.165) is 36.8 Å². The number of nitrogens with zero attached hydrogens (tertiary/aromatic N) is 4. The van der Waals surface area contributed by atoms with Crippen LogP contribution in [0.2, 0.25) is 0 Å². The summed E-state index contributed by atoms with van der Waals surface area (Å²) >= 11 is 0. The van der Waals surface area contributed by atoms with Crippen LogP contribution in [0, 0.1) is 0 Å². The van der Waals surface area contributed by atoms with E-state index in [4.69, 9.17) is 10.5 Å². The average Bonchev–Trinajstić information content (AvgIpc) is 3.06. The Bertz CT molecular complexity index is 640. The molecule has 2 heterocycles. The number of aromatic nitrogens is 3. The zero-order valence-corrected chi connectivity index (χ0v) is 13.3. The van der Waals surface area contributed by atoms with Crippen LogP contribution in [0.15, 0.2) is 24.3 Å². The molecule has 3 N–H and O–H groups in total. The highest BCUT2D eigenvalue weighted by molar-refractivity contribution is 5.34. The molecule has 1 aromatic heterocycles. The Labute approximate surface area is 135 Å². The average molecular weight is 314 g/mol. The molecule has 0 spiro atoms. The lowest BCUT2D eigenvalue weighted by Gasteiger charge is -2.14. The highest BCUT2D eigenvalue weighted by Gasteiger charge is 2.14. The topological polar surface area (TPSA) is 89.2 Å². The summed E-state index contributed by atoms with van der Waals surface area (Å²) in [6.07, 6.45) is 2.48. The molecule has 0 unspecified atom stereocenters. The fourth-order valence-electron chi connectivity index (χ4n) is 2.65. The maximum atomic E-state index is 5.80. The van der Waals surface area contributed by atoms with Crippen molar-refractivity contribution in [1.82, 2.24) is 19.9 Å². The van der Waals surface area contributed by atoms with Gasteiger partial charge >= 0.3 is 0 Å². The Balaban J connectivity index is 1.63. The highest BCUT2D eigenvalue weighted by atomic mass is 16.5. The summed E-state index contributed by atoms with van der Waals surface area (Å²) in [5.41, 5.74) is 6.92. The van der Waals surface area contributed by atoms with Gasteiger partial charge in [-0.1, -0.05) is 12.1 Å². The summed E-state index contributed by atoms with van der Waals surface area (Å²) in [4.78, 5) is 15.2. The molecule has 1 aliphatic rings. The number of ether oxygens (including phenoxy) is 1. The van der Waals surface area contributed by atoms with E-state index < -0.39 is 0 Å². The van der Waals surface area contributed by atoms with Gasteiger partial charge in [-0.15, -0.1) is 0 Å². The lowest BCUT2D eigenvalue weighted by Crippen LogP contribution is -2.21. The largest absolute Gasteiger partial charge is 0.497 e. The lowest BCUT2D eigenvalue weighted by molar-refractivity contribution is 0.322. The van der Waals surface area contributed by atoms with Crippen molar-refractivity contribution in [3.63, 3.8) is 0 Å². The van der Waals surface area contributed by atoms with Gasteiger partial charge in [0.25, 0.3) is 0 Å². The molecule has 0 bridgehead atoms. The van der Waals surface area contributed by atoms with Crippen LogP contribution in [0.3, 0.4) is 0 Å². The molecule has 1 aromatic carbocycles. The van der Waals surface area contributed by atoms with Crippen molar-refractivity contribution in [2.45, 2.75) is 25.9 Å². The molecule has 7 heteroatoms. The van der Waals surface area contributed by atoms with E-state index in [2.05, 4.69) is 25.2 Å². The van der Waals surface area contributed by atoms with Gasteiger partial charge in [0.15, 0.2) is 0 Å². The van der Waals surface area contributed by atoms with Crippen molar-refractivity contribution < 1.29 is 4.74 Å². The number of nitrogens with one attached hydrogen (secondary N) is 1. The first-order chi connectivity index (χ1) is 11.2. The number of nitrogens with two attached hydrogens (primary N) is 1. The smallest absolute Gasteiger partial charge is 0.228 e. The number of anilines is 2. The van der Waals surface area contributed by atoms with E-state index in [9.17, 15) is 0 Å². The van der Waals surface area contributed by atoms with E-state index in [0.29, 0.717) is 12.5 Å². The minimum atomic E-state index is 0.256. The number of rotatable bonds is 6. The maximum Gasteiger partial charge on any atom is 0.228 e. The standard InChI is InChI=1S/C16H22N6O/c1-23-13-6-4-12(5-7-13)10-18-16-20-14(19-15(17)21-16)11-22-8-2-3-9-22/h4-7H,2-3,8-11H2,1H3,(H3,17,18,19,20,21). The Morgan fingerprint density at radius 1 is 1.13 bits per heavy atom. The summed E-state index contributed by atoms with van der Waals surface area (Å²) in [5, 5.41) is 3.20. The molecule has 1 saturated heterocycles. The highest BCUT2D eigenvalue weighted by Crippen LogP contribution is 2.14. The molecule has 122 valence electrons. The van der Waals surface area contributed by atoms with E-state index in [1.54, 1.807) is 7.11 Å².